The molecule has 1 nitrogen and oxygen atoms in total. The standard InChI is InChI=1S/C19H30FN/c1-4-10-21-13-17-9-8-15(14(2)3)12-19(17)16-6-5-7-18(20)11-16/h5-7,11,14-15,17,19,21H,4,8-10,12-13H2,1-3H3. The summed E-state index contributed by atoms with van der Waals surface area (Å²) in [6.07, 6.45) is 4.97. The van der Waals surface area contributed by atoms with Crippen molar-refractivity contribution in [1.82, 2.24) is 5.32 Å². The third kappa shape index (κ3) is 4.54. The van der Waals surface area contributed by atoms with Crippen LogP contribution in [0.3, 0.4) is 0 Å². The fourth-order valence-electron chi connectivity index (χ4n) is 3.73. The Hall–Kier alpha value is -0.890. The maximum Gasteiger partial charge on any atom is 0.123 e. The van der Waals surface area contributed by atoms with Gasteiger partial charge in [0.2, 0.25) is 0 Å². The molecule has 1 aliphatic carbocycles. The second-order valence-electron chi connectivity index (χ2n) is 6.94. The Morgan fingerprint density at radius 2 is 2.10 bits per heavy atom. The number of rotatable bonds is 6. The predicted octanol–water partition coefficient (Wildman–Crippen LogP) is 4.98. The summed E-state index contributed by atoms with van der Waals surface area (Å²) >= 11 is 0. The highest BCUT2D eigenvalue weighted by Crippen LogP contribution is 2.43. The van der Waals surface area contributed by atoms with Gasteiger partial charge in [0, 0.05) is 0 Å². The van der Waals surface area contributed by atoms with Gasteiger partial charge >= 0.3 is 0 Å². The molecule has 0 saturated heterocycles. The maximum absolute atomic E-state index is 13.6. The fourth-order valence-corrected chi connectivity index (χ4v) is 3.73. The second kappa shape index (κ2) is 7.93. The number of benzene rings is 1. The number of hydrogen-bond acceptors (Lipinski definition) is 1. The van der Waals surface area contributed by atoms with Gasteiger partial charge in [0.25, 0.3) is 0 Å². The molecular weight excluding hydrogens is 261 g/mol. The van der Waals surface area contributed by atoms with Crippen LogP contribution in [0.4, 0.5) is 4.39 Å². The van der Waals surface area contributed by atoms with Crippen molar-refractivity contribution in [1.29, 1.82) is 0 Å². The third-order valence-electron chi connectivity index (χ3n) is 5.09. The van der Waals surface area contributed by atoms with Crippen LogP contribution in [0.1, 0.15) is 57.9 Å². The molecule has 118 valence electrons. The molecule has 0 amide bonds. The molecule has 1 aromatic rings. The minimum Gasteiger partial charge on any atom is -0.316 e. The first kappa shape index (κ1) is 16.5. The summed E-state index contributed by atoms with van der Waals surface area (Å²) in [5.41, 5.74) is 1.20. The van der Waals surface area contributed by atoms with Crippen LogP contribution in [-0.2, 0) is 0 Å². The van der Waals surface area contributed by atoms with Crippen molar-refractivity contribution in [2.24, 2.45) is 17.8 Å². The van der Waals surface area contributed by atoms with Gasteiger partial charge in [0.1, 0.15) is 5.82 Å². The van der Waals surface area contributed by atoms with Crippen molar-refractivity contribution in [3.05, 3.63) is 35.6 Å². The summed E-state index contributed by atoms with van der Waals surface area (Å²) in [4.78, 5) is 0. The Bertz CT molecular complexity index is 429. The third-order valence-corrected chi connectivity index (χ3v) is 5.09. The first-order valence-electron chi connectivity index (χ1n) is 8.58. The van der Waals surface area contributed by atoms with E-state index in [-0.39, 0.29) is 5.82 Å². The van der Waals surface area contributed by atoms with E-state index in [9.17, 15) is 4.39 Å². The molecule has 1 N–H and O–H groups in total. The molecule has 1 saturated carbocycles. The average molecular weight is 291 g/mol. The summed E-state index contributed by atoms with van der Waals surface area (Å²) in [6.45, 7) is 9.00. The minimum atomic E-state index is -0.0977. The van der Waals surface area contributed by atoms with Crippen LogP contribution in [0.5, 0.6) is 0 Å². The molecule has 0 aliphatic heterocycles. The second-order valence-corrected chi connectivity index (χ2v) is 6.94. The molecule has 0 aromatic heterocycles. The zero-order chi connectivity index (χ0) is 15.2. The van der Waals surface area contributed by atoms with Gasteiger partial charge in [-0.05, 0) is 80.1 Å². The van der Waals surface area contributed by atoms with E-state index in [2.05, 4.69) is 32.2 Å². The smallest absolute Gasteiger partial charge is 0.123 e. The van der Waals surface area contributed by atoms with Crippen LogP contribution in [0.15, 0.2) is 24.3 Å². The SMILES string of the molecule is CCCNCC1CCC(C(C)C)CC1c1cccc(F)c1. The van der Waals surface area contributed by atoms with Crippen molar-refractivity contribution in [2.45, 2.75) is 52.4 Å². The van der Waals surface area contributed by atoms with E-state index in [1.807, 2.05) is 6.07 Å². The lowest BCUT2D eigenvalue weighted by Gasteiger charge is -2.38. The molecule has 1 aromatic carbocycles. The van der Waals surface area contributed by atoms with E-state index in [1.54, 1.807) is 12.1 Å². The number of nitrogens with one attached hydrogen (secondary N) is 1. The summed E-state index contributed by atoms with van der Waals surface area (Å²) in [5, 5.41) is 3.57. The lowest BCUT2D eigenvalue weighted by molar-refractivity contribution is 0.190. The van der Waals surface area contributed by atoms with Crippen LogP contribution >= 0.6 is 0 Å². The maximum atomic E-state index is 13.6. The molecular formula is C19H30FN. The lowest BCUT2D eigenvalue weighted by Crippen LogP contribution is -2.33. The van der Waals surface area contributed by atoms with Crippen LogP contribution in [0.25, 0.3) is 0 Å². The van der Waals surface area contributed by atoms with Crippen LogP contribution < -0.4 is 5.32 Å². The Labute approximate surface area is 129 Å². The van der Waals surface area contributed by atoms with E-state index in [0.29, 0.717) is 11.8 Å². The Morgan fingerprint density at radius 3 is 2.76 bits per heavy atom. The lowest BCUT2D eigenvalue weighted by atomic mass is 9.68. The molecule has 1 fully saturated rings. The number of hydrogen-bond donors (Lipinski definition) is 1. The van der Waals surface area contributed by atoms with E-state index in [4.69, 9.17) is 0 Å². The van der Waals surface area contributed by atoms with Gasteiger partial charge in [-0.2, -0.15) is 0 Å². The predicted molar refractivity (Wildman–Crippen MR) is 88.0 cm³/mol. The quantitative estimate of drug-likeness (QED) is 0.729. The van der Waals surface area contributed by atoms with Crippen LogP contribution in [0.2, 0.25) is 0 Å². The molecule has 0 spiro atoms. The van der Waals surface area contributed by atoms with Crippen molar-refractivity contribution >= 4 is 0 Å². The molecule has 0 radical (unpaired) electrons. The van der Waals surface area contributed by atoms with Crippen LogP contribution in [-0.4, -0.2) is 13.1 Å². The van der Waals surface area contributed by atoms with E-state index in [0.717, 1.165) is 24.9 Å². The van der Waals surface area contributed by atoms with Crippen LogP contribution in [0, 0.1) is 23.6 Å². The first-order valence-corrected chi connectivity index (χ1v) is 8.58. The largest absolute Gasteiger partial charge is 0.316 e. The molecule has 3 atom stereocenters. The van der Waals surface area contributed by atoms with Gasteiger partial charge in [-0.25, -0.2) is 4.39 Å². The molecule has 2 rings (SSSR count). The van der Waals surface area contributed by atoms with Crippen molar-refractivity contribution in [3.63, 3.8) is 0 Å². The van der Waals surface area contributed by atoms with Gasteiger partial charge in [-0.15, -0.1) is 0 Å². The summed E-state index contributed by atoms with van der Waals surface area (Å²) < 4.78 is 13.6. The number of halogens is 1. The first-order chi connectivity index (χ1) is 10.1. The highest BCUT2D eigenvalue weighted by Gasteiger charge is 2.32. The zero-order valence-corrected chi connectivity index (χ0v) is 13.7. The van der Waals surface area contributed by atoms with E-state index < -0.39 is 0 Å². The highest BCUT2D eigenvalue weighted by atomic mass is 19.1. The molecule has 0 heterocycles. The zero-order valence-electron chi connectivity index (χ0n) is 13.7. The van der Waals surface area contributed by atoms with Crippen molar-refractivity contribution in [3.8, 4) is 0 Å². The van der Waals surface area contributed by atoms with Crippen molar-refractivity contribution in [2.75, 3.05) is 13.1 Å². The Morgan fingerprint density at radius 1 is 1.29 bits per heavy atom. The monoisotopic (exact) mass is 291 g/mol. The van der Waals surface area contributed by atoms with Crippen molar-refractivity contribution < 1.29 is 4.39 Å². The topological polar surface area (TPSA) is 12.0 Å². The Kier molecular flexibility index (Phi) is 6.22. The molecule has 0 bridgehead atoms. The molecule has 2 heteroatoms. The van der Waals surface area contributed by atoms with Gasteiger partial charge < -0.3 is 5.32 Å². The van der Waals surface area contributed by atoms with Gasteiger partial charge in [0.15, 0.2) is 0 Å². The molecule has 21 heavy (non-hydrogen) atoms. The summed E-state index contributed by atoms with van der Waals surface area (Å²) in [5.74, 6) is 2.56. The summed E-state index contributed by atoms with van der Waals surface area (Å²) in [6, 6.07) is 7.28. The van der Waals surface area contributed by atoms with Gasteiger partial charge in [-0.3, -0.25) is 0 Å². The Balaban J connectivity index is 2.11. The van der Waals surface area contributed by atoms with E-state index >= 15 is 0 Å². The highest BCUT2D eigenvalue weighted by molar-refractivity contribution is 5.22. The summed E-state index contributed by atoms with van der Waals surface area (Å²) in [7, 11) is 0. The van der Waals surface area contributed by atoms with Gasteiger partial charge in [-0.1, -0.05) is 32.9 Å². The fraction of sp³-hybridized carbons (Fsp3) is 0.684. The van der Waals surface area contributed by atoms with Gasteiger partial charge in [0.05, 0.1) is 0 Å². The molecule has 3 unspecified atom stereocenters. The molecule has 1 aliphatic rings. The van der Waals surface area contributed by atoms with E-state index in [1.165, 1.54) is 31.2 Å². The average Bonchev–Trinajstić information content (AvgIpc) is 2.47. The minimum absolute atomic E-state index is 0.0977. The normalized spacial score (nSPS) is 26.2.